The summed E-state index contributed by atoms with van der Waals surface area (Å²) in [4.78, 5) is 17.3. The van der Waals surface area contributed by atoms with Gasteiger partial charge in [-0.15, -0.1) is 11.3 Å². The zero-order valence-electron chi connectivity index (χ0n) is 11.3. The monoisotopic (exact) mass is 282 g/mol. The molecule has 0 aliphatic rings. The molecule has 3 rings (SSSR count). The number of carbonyl (C=O) groups is 1. The van der Waals surface area contributed by atoms with Gasteiger partial charge in [0.2, 0.25) is 0 Å². The molecule has 0 unspecified atom stereocenters. The summed E-state index contributed by atoms with van der Waals surface area (Å²) in [5, 5.41) is 5.85. The number of hydrogen-bond donors (Lipinski definition) is 1. The lowest BCUT2D eigenvalue weighted by Gasteiger charge is -2.10. The Balaban J connectivity index is 2.06. The molecule has 3 aromatic rings. The van der Waals surface area contributed by atoms with Gasteiger partial charge < -0.3 is 5.32 Å². The van der Waals surface area contributed by atoms with E-state index in [1.807, 2.05) is 37.4 Å². The normalized spacial score (nSPS) is 10.7. The average Bonchev–Trinajstić information content (AvgIpc) is 2.93. The lowest BCUT2D eigenvalue weighted by molar-refractivity contribution is 0.103. The number of nitrogens with one attached hydrogen (secondary N) is 1. The van der Waals surface area contributed by atoms with E-state index in [9.17, 15) is 4.79 Å². The first-order valence-electron chi connectivity index (χ1n) is 6.36. The van der Waals surface area contributed by atoms with Crippen LogP contribution in [0.25, 0.3) is 10.9 Å². The predicted molar refractivity (Wildman–Crippen MR) is 83.5 cm³/mol. The summed E-state index contributed by atoms with van der Waals surface area (Å²) in [5.74, 6) is -0.0772. The van der Waals surface area contributed by atoms with Crippen LogP contribution in [0.15, 0.2) is 41.9 Å². The second kappa shape index (κ2) is 5.06. The van der Waals surface area contributed by atoms with Crippen LogP contribution in [0.5, 0.6) is 0 Å². The fraction of sp³-hybridized carbons (Fsp3) is 0.125. The van der Waals surface area contributed by atoms with Crippen LogP contribution in [-0.2, 0) is 0 Å². The number of hydrogen-bond acceptors (Lipinski definition) is 3. The molecule has 2 aromatic heterocycles. The molecule has 0 radical (unpaired) electrons. The first-order valence-corrected chi connectivity index (χ1v) is 7.24. The maximum atomic E-state index is 12.2. The van der Waals surface area contributed by atoms with Gasteiger partial charge in [-0.25, -0.2) is 0 Å². The van der Waals surface area contributed by atoms with Crippen LogP contribution >= 0.6 is 11.3 Å². The molecule has 3 nitrogen and oxygen atoms in total. The second-order valence-electron chi connectivity index (χ2n) is 4.77. The van der Waals surface area contributed by atoms with Crippen molar-refractivity contribution in [1.82, 2.24) is 4.98 Å². The van der Waals surface area contributed by atoms with Gasteiger partial charge in [-0.2, -0.15) is 0 Å². The Morgan fingerprint density at radius 3 is 2.85 bits per heavy atom. The number of benzene rings is 1. The van der Waals surface area contributed by atoms with E-state index in [0.717, 1.165) is 27.7 Å². The fourth-order valence-corrected chi connectivity index (χ4v) is 2.93. The van der Waals surface area contributed by atoms with Crippen LogP contribution < -0.4 is 5.32 Å². The quantitative estimate of drug-likeness (QED) is 0.766. The highest BCUT2D eigenvalue weighted by Gasteiger charge is 2.10. The third-order valence-corrected chi connectivity index (χ3v) is 4.04. The number of pyridine rings is 1. The van der Waals surface area contributed by atoms with Crippen LogP contribution in [0.3, 0.4) is 0 Å². The summed E-state index contributed by atoms with van der Waals surface area (Å²) >= 11 is 1.43. The maximum absolute atomic E-state index is 12.2. The van der Waals surface area contributed by atoms with Crippen molar-refractivity contribution in [2.45, 2.75) is 13.8 Å². The van der Waals surface area contributed by atoms with Gasteiger partial charge >= 0.3 is 0 Å². The Hall–Kier alpha value is -2.20. The van der Waals surface area contributed by atoms with Crippen LogP contribution in [-0.4, -0.2) is 10.9 Å². The number of carbonyl (C=O) groups excluding carboxylic acids is 1. The third kappa shape index (κ3) is 2.30. The highest BCUT2D eigenvalue weighted by Crippen LogP contribution is 2.26. The molecule has 0 atom stereocenters. The Morgan fingerprint density at radius 2 is 2.10 bits per heavy atom. The van der Waals surface area contributed by atoms with Gasteiger partial charge in [0.05, 0.1) is 16.1 Å². The number of rotatable bonds is 2. The number of amides is 1. The molecule has 0 bridgehead atoms. The molecule has 0 saturated carbocycles. The zero-order valence-corrected chi connectivity index (χ0v) is 12.1. The first-order chi connectivity index (χ1) is 9.65. The SMILES string of the molecule is Cc1cc(C)c2nccc(NC(=O)c3cccs3)c2c1. The number of aromatic nitrogens is 1. The van der Waals surface area contributed by atoms with Crippen molar-refractivity contribution < 1.29 is 4.79 Å². The summed E-state index contributed by atoms with van der Waals surface area (Å²) in [6.07, 6.45) is 1.73. The Labute approximate surface area is 121 Å². The minimum atomic E-state index is -0.0772. The smallest absolute Gasteiger partial charge is 0.265 e. The highest BCUT2D eigenvalue weighted by molar-refractivity contribution is 7.12. The molecule has 20 heavy (non-hydrogen) atoms. The summed E-state index contributed by atoms with van der Waals surface area (Å²) in [7, 11) is 0. The average molecular weight is 282 g/mol. The van der Waals surface area contributed by atoms with Crippen LogP contribution in [0.1, 0.15) is 20.8 Å². The van der Waals surface area contributed by atoms with Crippen molar-refractivity contribution in [1.29, 1.82) is 0 Å². The lowest BCUT2D eigenvalue weighted by Crippen LogP contribution is -2.10. The summed E-state index contributed by atoms with van der Waals surface area (Å²) < 4.78 is 0. The largest absolute Gasteiger partial charge is 0.321 e. The molecule has 0 spiro atoms. The number of thiophene rings is 1. The standard InChI is InChI=1S/C16H14N2OS/c1-10-8-11(2)15-12(9-10)13(5-6-17-15)18-16(19)14-4-3-7-20-14/h3-9H,1-2H3,(H,17,18,19). The number of nitrogens with zero attached hydrogens (tertiary/aromatic N) is 1. The topological polar surface area (TPSA) is 42.0 Å². The van der Waals surface area contributed by atoms with E-state index >= 15 is 0 Å². The molecule has 1 amide bonds. The van der Waals surface area contributed by atoms with Gasteiger partial charge in [0, 0.05) is 11.6 Å². The van der Waals surface area contributed by atoms with Crippen molar-refractivity contribution in [3.05, 3.63) is 57.9 Å². The minimum absolute atomic E-state index is 0.0772. The van der Waals surface area contributed by atoms with Gasteiger partial charge in [-0.05, 0) is 43.0 Å². The molecular formula is C16H14N2OS. The van der Waals surface area contributed by atoms with Gasteiger partial charge in [0.15, 0.2) is 0 Å². The van der Waals surface area contributed by atoms with Crippen molar-refractivity contribution in [2.75, 3.05) is 5.32 Å². The Morgan fingerprint density at radius 1 is 1.25 bits per heavy atom. The number of fused-ring (bicyclic) bond motifs is 1. The van der Waals surface area contributed by atoms with E-state index in [1.165, 1.54) is 11.3 Å². The summed E-state index contributed by atoms with van der Waals surface area (Å²) in [6, 6.07) is 9.69. The Bertz CT molecular complexity index is 779. The molecule has 0 saturated heterocycles. The van der Waals surface area contributed by atoms with Gasteiger partial charge in [0.1, 0.15) is 0 Å². The van der Waals surface area contributed by atoms with Crippen molar-refractivity contribution in [3.8, 4) is 0 Å². The van der Waals surface area contributed by atoms with Crippen LogP contribution in [0.2, 0.25) is 0 Å². The van der Waals surface area contributed by atoms with E-state index in [1.54, 1.807) is 6.20 Å². The fourth-order valence-electron chi connectivity index (χ4n) is 2.31. The van der Waals surface area contributed by atoms with E-state index in [4.69, 9.17) is 0 Å². The molecule has 2 heterocycles. The van der Waals surface area contributed by atoms with E-state index in [0.29, 0.717) is 4.88 Å². The lowest BCUT2D eigenvalue weighted by atomic mass is 10.1. The molecule has 1 N–H and O–H groups in total. The maximum Gasteiger partial charge on any atom is 0.265 e. The number of aryl methyl sites for hydroxylation is 2. The molecule has 4 heteroatoms. The first kappa shape index (κ1) is 12.8. The molecule has 100 valence electrons. The van der Waals surface area contributed by atoms with Gasteiger partial charge in [-0.3, -0.25) is 9.78 Å². The second-order valence-corrected chi connectivity index (χ2v) is 5.72. The van der Waals surface area contributed by atoms with E-state index < -0.39 is 0 Å². The molecule has 1 aromatic carbocycles. The van der Waals surface area contributed by atoms with Crippen LogP contribution in [0.4, 0.5) is 5.69 Å². The highest BCUT2D eigenvalue weighted by atomic mass is 32.1. The summed E-state index contributed by atoms with van der Waals surface area (Å²) in [6.45, 7) is 4.08. The third-order valence-electron chi connectivity index (χ3n) is 3.17. The van der Waals surface area contributed by atoms with E-state index in [2.05, 4.69) is 22.4 Å². The Kier molecular flexibility index (Phi) is 3.24. The number of anilines is 1. The summed E-state index contributed by atoms with van der Waals surface area (Å²) in [5.41, 5.74) is 4.02. The molecule has 0 aliphatic heterocycles. The molecule has 0 aliphatic carbocycles. The van der Waals surface area contributed by atoms with Gasteiger partial charge in [0.25, 0.3) is 5.91 Å². The van der Waals surface area contributed by atoms with Crippen molar-refractivity contribution in [3.63, 3.8) is 0 Å². The van der Waals surface area contributed by atoms with Crippen LogP contribution in [0, 0.1) is 13.8 Å². The zero-order chi connectivity index (χ0) is 14.1. The van der Waals surface area contributed by atoms with Crippen molar-refractivity contribution in [2.24, 2.45) is 0 Å². The van der Waals surface area contributed by atoms with E-state index in [-0.39, 0.29) is 5.91 Å². The van der Waals surface area contributed by atoms with Crippen molar-refractivity contribution >= 4 is 33.8 Å². The minimum Gasteiger partial charge on any atom is -0.321 e. The molecule has 0 fully saturated rings. The predicted octanol–water partition coefficient (Wildman–Crippen LogP) is 4.17. The molecular weight excluding hydrogens is 268 g/mol. The van der Waals surface area contributed by atoms with Gasteiger partial charge in [-0.1, -0.05) is 17.7 Å².